The van der Waals surface area contributed by atoms with Crippen LogP contribution < -0.4 is 5.32 Å². The number of rotatable bonds is 6. The highest BCUT2D eigenvalue weighted by Crippen LogP contribution is 2.17. The second kappa shape index (κ2) is 7.83. The molecule has 0 radical (unpaired) electrons. The molecule has 3 rings (SSSR count). The monoisotopic (exact) mass is 310 g/mol. The number of anilines is 1. The molecule has 0 unspecified atom stereocenters. The van der Waals surface area contributed by atoms with Crippen molar-refractivity contribution in [1.29, 1.82) is 0 Å². The molecule has 0 amide bonds. The first-order chi connectivity index (χ1) is 11.3. The molecule has 23 heavy (non-hydrogen) atoms. The molecule has 0 bridgehead atoms. The summed E-state index contributed by atoms with van der Waals surface area (Å²) in [6, 6.07) is 7.80. The Morgan fingerprint density at radius 1 is 1.26 bits per heavy atom. The van der Waals surface area contributed by atoms with Gasteiger partial charge in [0.25, 0.3) is 0 Å². The van der Waals surface area contributed by atoms with Gasteiger partial charge in [0.2, 0.25) is 0 Å². The van der Waals surface area contributed by atoms with Crippen molar-refractivity contribution in [3.8, 4) is 11.5 Å². The quantitative estimate of drug-likeness (QED) is 0.830. The van der Waals surface area contributed by atoms with Gasteiger partial charge in [-0.2, -0.15) is 0 Å². The van der Waals surface area contributed by atoms with E-state index in [4.69, 9.17) is 4.74 Å². The molecule has 0 saturated heterocycles. The molecule has 1 aliphatic heterocycles. The van der Waals surface area contributed by atoms with Gasteiger partial charge in [-0.05, 0) is 31.4 Å². The van der Waals surface area contributed by atoms with Crippen LogP contribution in [0.5, 0.6) is 0 Å². The van der Waals surface area contributed by atoms with E-state index >= 15 is 0 Å². The zero-order valence-electron chi connectivity index (χ0n) is 13.5. The molecule has 1 aliphatic rings. The Balaban J connectivity index is 1.70. The van der Waals surface area contributed by atoms with Crippen molar-refractivity contribution in [2.75, 3.05) is 25.1 Å². The molecule has 2 aromatic rings. The maximum absolute atomic E-state index is 5.33. The average Bonchev–Trinajstić information content (AvgIpc) is 2.63. The lowest BCUT2D eigenvalue weighted by Gasteiger charge is -2.14. The van der Waals surface area contributed by atoms with Crippen LogP contribution in [0.2, 0.25) is 0 Å². The van der Waals surface area contributed by atoms with Gasteiger partial charge in [-0.3, -0.25) is 4.98 Å². The number of aryl methyl sites for hydroxylation is 1. The molecule has 5 nitrogen and oxygen atoms in total. The molecular weight excluding hydrogens is 288 g/mol. The third-order valence-electron chi connectivity index (χ3n) is 3.85. The number of hydrogen-bond donors (Lipinski definition) is 1. The summed E-state index contributed by atoms with van der Waals surface area (Å²) in [6.45, 7) is 4.55. The van der Waals surface area contributed by atoms with Crippen molar-refractivity contribution < 1.29 is 4.74 Å². The summed E-state index contributed by atoms with van der Waals surface area (Å²) < 4.78 is 5.33. The third-order valence-corrected chi connectivity index (χ3v) is 3.85. The first kappa shape index (κ1) is 15.6. The van der Waals surface area contributed by atoms with E-state index in [2.05, 4.69) is 33.3 Å². The number of nitrogens with one attached hydrogen (secondary N) is 1. The third kappa shape index (κ3) is 4.36. The molecule has 0 atom stereocenters. The molecule has 5 heteroatoms. The fourth-order valence-electron chi connectivity index (χ4n) is 2.52. The van der Waals surface area contributed by atoms with E-state index in [0.29, 0.717) is 5.82 Å². The van der Waals surface area contributed by atoms with Crippen LogP contribution in [-0.4, -0.2) is 34.7 Å². The Morgan fingerprint density at radius 2 is 2.22 bits per heavy atom. The summed E-state index contributed by atoms with van der Waals surface area (Å²) in [6.07, 6.45) is 6.88. The van der Waals surface area contributed by atoms with Gasteiger partial charge in [0.15, 0.2) is 5.82 Å². The first-order valence-corrected chi connectivity index (χ1v) is 8.14. The minimum Gasteiger partial charge on any atom is -0.377 e. The van der Waals surface area contributed by atoms with Crippen LogP contribution in [0, 0.1) is 0 Å². The Kier molecular flexibility index (Phi) is 5.32. The van der Waals surface area contributed by atoms with Gasteiger partial charge in [0.05, 0.1) is 13.2 Å². The van der Waals surface area contributed by atoms with E-state index in [1.807, 2.05) is 24.3 Å². The topological polar surface area (TPSA) is 59.9 Å². The largest absolute Gasteiger partial charge is 0.377 e. The molecule has 0 saturated carbocycles. The molecule has 0 spiro atoms. The van der Waals surface area contributed by atoms with Crippen LogP contribution in [0.1, 0.15) is 25.5 Å². The highest BCUT2D eigenvalue weighted by atomic mass is 16.5. The van der Waals surface area contributed by atoms with Crippen LogP contribution in [0.3, 0.4) is 0 Å². The normalized spacial score (nSPS) is 14.4. The second-order valence-electron chi connectivity index (χ2n) is 5.50. The van der Waals surface area contributed by atoms with Crippen LogP contribution in [0.25, 0.3) is 11.5 Å². The van der Waals surface area contributed by atoms with Crippen molar-refractivity contribution in [1.82, 2.24) is 15.0 Å². The Labute approximate surface area is 136 Å². The number of pyridine rings is 1. The molecule has 120 valence electrons. The fraction of sp³-hybridized carbons (Fsp3) is 0.389. The lowest BCUT2D eigenvalue weighted by atomic mass is 10.1. The standard InChI is InChI=1S/C18H22N4O/c1-2-15-13-17(20-10-6-14-7-11-23-12-8-14)22-18(21-15)16-5-3-4-9-19-16/h3-5,7,9,13H,2,6,8,10-12H2,1H3,(H,20,21,22). The predicted octanol–water partition coefficient (Wildman–Crippen LogP) is 3.25. The van der Waals surface area contributed by atoms with Crippen LogP contribution in [0.15, 0.2) is 42.1 Å². The molecule has 2 aromatic heterocycles. The average molecular weight is 310 g/mol. The second-order valence-corrected chi connectivity index (χ2v) is 5.50. The summed E-state index contributed by atoms with van der Waals surface area (Å²) >= 11 is 0. The Morgan fingerprint density at radius 3 is 2.96 bits per heavy atom. The lowest BCUT2D eigenvalue weighted by molar-refractivity contribution is 0.153. The van der Waals surface area contributed by atoms with Gasteiger partial charge < -0.3 is 10.1 Å². The molecule has 1 N–H and O–H groups in total. The van der Waals surface area contributed by atoms with Crippen molar-refractivity contribution in [3.63, 3.8) is 0 Å². The van der Waals surface area contributed by atoms with E-state index in [0.717, 1.165) is 56.2 Å². The van der Waals surface area contributed by atoms with Crippen molar-refractivity contribution in [3.05, 3.63) is 47.8 Å². The van der Waals surface area contributed by atoms with Gasteiger partial charge in [0, 0.05) is 24.5 Å². The van der Waals surface area contributed by atoms with Crippen LogP contribution in [0.4, 0.5) is 5.82 Å². The van der Waals surface area contributed by atoms with Gasteiger partial charge in [-0.25, -0.2) is 9.97 Å². The van der Waals surface area contributed by atoms with Gasteiger partial charge in [-0.1, -0.05) is 24.6 Å². The zero-order valence-corrected chi connectivity index (χ0v) is 13.5. The number of ether oxygens (including phenoxy) is 1. The molecular formula is C18H22N4O. The van der Waals surface area contributed by atoms with Crippen LogP contribution in [-0.2, 0) is 11.2 Å². The van der Waals surface area contributed by atoms with E-state index in [9.17, 15) is 0 Å². The van der Waals surface area contributed by atoms with Gasteiger partial charge >= 0.3 is 0 Å². The summed E-state index contributed by atoms with van der Waals surface area (Å²) in [5, 5.41) is 3.42. The SMILES string of the molecule is CCc1cc(NCCC2=CCOCC2)nc(-c2ccccn2)n1. The summed E-state index contributed by atoms with van der Waals surface area (Å²) in [7, 11) is 0. The summed E-state index contributed by atoms with van der Waals surface area (Å²) in [5.74, 6) is 1.54. The molecule has 3 heterocycles. The van der Waals surface area contributed by atoms with E-state index in [-0.39, 0.29) is 0 Å². The lowest BCUT2D eigenvalue weighted by Crippen LogP contribution is -2.10. The molecule has 0 fully saturated rings. The fourth-order valence-corrected chi connectivity index (χ4v) is 2.52. The first-order valence-electron chi connectivity index (χ1n) is 8.14. The summed E-state index contributed by atoms with van der Waals surface area (Å²) in [4.78, 5) is 13.5. The smallest absolute Gasteiger partial charge is 0.180 e. The minimum atomic E-state index is 0.678. The van der Waals surface area contributed by atoms with Crippen LogP contribution >= 0.6 is 0 Å². The van der Waals surface area contributed by atoms with E-state index in [1.54, 1.807) is 6.20 Å². The number of nitrogens with zero attached hydrogens (tertiary/aromatic N) is 3. The predicted molar refractivity (Wildman–Crippen MR) is 91.3 cm³/mol. The van der Waals surface area contributed by atoms with Gasteiger partial charge in [-0.15, -0.1) is 0 Å². The number of hydrogen-bond acceptors (Lipinski definition) is 5. The van der Waals surface area contributed by atoms with Gasteiger partial charge in [0.1, 0.15) is 11.5 Å². The molecule has 0 aliphatic carbocycles. The van der Waals surface area contributed by atoms with Crippen molar-refractivity contribution >= 4 is 5.82 Å². The molecule has 0 aromatic carbocycles. The maximum Gasteiger partial charge on any atom is 0.180 e. The highest BCUT2D eigenvalue weighted by Gasteiger charge is 2.08. The summed E-state index contributed by atoms with van der Waals surface area (Å²) in [5.41, 5.74) is 3.28. The van der Waals surface area contributed by atoms with E-state index < -0.39 is 0 Å². The number of aromatic nitrogens is 3. The van der Waals surface area contributed by atoms with Crippen molar-refractivity contribution in [2.45, 2.75) is 26.2 Å². The zero-order chi connectivity index (χ0) is 15.9. The van der Waals surface area contributed by atoms with E-state index in [1.165, 1.54) is 5.57 Å². The van der Waals surface area contributed by atoms with Crippen molar-refractivity contribution in [2.24, 2.45) is 0 Å². The maximum atomic E-state index is 5.33. The Hall–Kier alpha value is -2.27. The minimum absolute atomic E-state index is 0.678. The Bertz CT molecular complexity index is 670. The highest BCUT2D eigenvalue weighted by molar-refractivity contribution is 5.52.